The fraction of sp³-hybridized carbons (Fsp3) is 0.500. The van der Waals surface area contributed by atoms with Gasteiger partial charge in [0.2, 0.25) is 17.7 Å². The highest BCUT2D eigenvalue weighted by molar-refractivity contribution is 5.95. The molecular formula is C24H33N5O6. The maximum Gasteiger partial charge on any atom is 0.326 e. The lowest BCUT2D eigenvalue weighted by molar-refractivity contribution is -0.146. The smallest absolute Gasteiger partial charge is 0.326 e. The summed E-state index contributed by atoms with van der Waals surface area (Å²) in [4.78, 5) is 54.4. The van der Waals surface area contributed by atoms with E-state index < -0.39 is 54.5 Å². The molecule has 4 unspecified atom stereocenters. The number of hydrogen-bond donors (Lipinski definition) is 6. The van der Waals surface area contributed by atoms with Gasteiger partial charge in [-0.1, -0.05) is 32.0 Å². The normalized spacial score (nSPS) is 18.3. The topological polar surface area (TPSA) is 178 Å². The van der Waals surface area contributed by atoms with Crippen molar-refractivity contribution in [3.63, 3.8) is 0 Å². The molecule has 0 radical (unpaired) electrons. The predicted octanol–water partition coefficient (Wildman–Crippen LogP) is -0.269. The van der Waals surface area contributed by atoms with Crippen molar-refractivity contribution in [1.29, 1.82) is 0 Å². The van der Waals surface area contributed by atoms with Crippen LogP contribution in [0.5, 0.6) is 0 Å². The summed E-state index contributed by atoms with van der Waals surface area (Å²) in [5.74, 6) is -3.29. The molecule has 1 aliphatic heterocycles. The highest BCUT2D eigenvalue weighted by Gasteiger charge is 2.39. The zero-order valence-electron chi connectivity index (χ0n) is 19.9. The fourth-order valence-corrected chi connectivity index (χ4v) is 4.36. The van der Waals surface area contributed by atoms with E-state index in [4.69, 9.17) is 5.73 Å². The molecule has 3 amide bonds. The maximum absolute atomic E-state index is 13.1. The molecule has 190 valence electrons. The lowest BCUT2D eigenvalue weighted by Gasteiger charge is -2.29. The largest absolute Gasteiger partial charge is 0.480 e. The number of nitrogens with zero attached hydrogens (tertiary/aromatic N) is 1. The first-order chi connectivity index (χ1) is 16.6. The molecule has 0 aliphatic carbocycles. The number of amides is 3. The minimum atomic E-state index is -1.27. The average molecular weight is 488 g/mol. The number of carboxylic acid groups (broad SMARTS) is 1. The van der Waals surface area contributed by atoms with Crippen LogP contribution in [-0.4, -0.2) is 81.1 Å². The monoisotopic (exact) mass is 487 g/mol. The minimum Gasteiger partial charge on any atom is -0.480 e. The van der Waals surface area contributed by atoms with E-state index >= 15 is 0 Å². The number of benzene rings is 1. The number of likely N-dealkylation sites (tertiary alicyclic amines) is 1. The third kappa shape index (κ3) is 5.98. The fourth-order valence-electron chi connectivity index (χ4n) is 4.36. The molecule has 0 saturated carbocycles. The van der Waals surface area contributed by atoms with E-state index in [9.17, 15) is 29.4 Å². The second-order valence-corrected chi connectivity index (χ2v) is 9.17. The van der Waals surface area contributed by atoms with E-state index in [0.717, 1.165) is 16.5 Å². The molecule has 0 bridgehead atoms. The number of aromatic nitrogens is 1. The summed E-state index contributed by atoms with van der Waals surface area (Å²) in [6, 6.07) is 3.40. The number of nitrogens with two attached hydrogens (primary N) is 1. The SMILES string of the molecule is CC(C)C(NC(=O)C1CCCN1C(=O)C(CO)NC(=O)C(N)Cc1c[nH]c2ccccc12)C(=O)O. The summed E-state index contributed by atoms with van der Waals surface area (Å²) in [5.41, 5.74) is 7.86. The summed E-state index contributed by atoms with van der Waals surface area (Å²) in [6.07, 6.45) is 2.90. The number of hydrogen-bond acceptors (Lipinski definition) is 6. The van der Waals surface area contributed by atoms with Gasteiger partial charge >= 0.3 is 5.97 Å². The van der Waals surface area contributed by atoms with Crippen LogP contribution in [0.15, 0.2) is 30.5 Å². The molecule has 4 atom stereocenters. The van der Waals surface area contributed by atoms with Crippen molar-refractivity contribution in [2.45, 2.75) is 57.3 Å². The molecule has 1 saturated heterocycles. The van der Waals surface area contributed by atoms with Gasteiger partial charge in [-0.3, -0.25) is 14.4 Å². The number of aliphatic hydroxyl groups is 1. The van der Waals surface area contributed by atoms with E-state index in [2.05, 4.69) is 15.6 Å². The summed E-state index contributed by atoms with van der Waals surface area (Å²) in [6.45, 7) is 2.93. The van der Waals surface area contributed by atoms with Crippen LogP contribution in [0, 0.1) is 5.92 Å². The van der Waals surface area contributed by atoms with Crippen LogP contribution in [0.25, 0.3) is 10.9 Å². The van der Waals surface area contributed by atoms with Crippen LogP contribution in [0.3, 0.4) is 0 Å². The van der Waals surface area contributed by atoms with E-state index in [1.807, 2.05) is 24.3 Å². The Bertz CT molecular complexity index is 1080. The van der Waals surface area contributed by atoms with Gasteiger partial charge in [0.05, 0.1) is 12.6 Å². The van der Waals surface area contributed by atoms with Gasteiger partial charge < -0.3 is 36.5 Å². The molecule has 0 spiro atoms. The predicted molar refractivity (Wildman–Crippen MR) is 128 cm³/mol. The van der Waals surface area contributed by atoms with Crippen LogP contribution in [-0.2, 0) is 25.6 Å². The van der Waals surface area contributed by atoms with Crippen LogP contribution in [0.2, 0.25) is 0 Å². The summed E-state index contributed by atoms with van der Waals surface area (Å²) in [5, 5.41) is 25.1. The molecule has 2 heterocycles. The van der Waals surface area contributed by atoms with Gasteiger partial charge in [-0.15, -0.1) is 0 Å². The molecule has 35 heavy (non-hydrogen) atoms. The number of carbonyl (C=O) groups is 4. The molecule has 3 rings (SSSR count). The Labute approximate surface area is 203 Å². The molecule has 2 aromatic rings. The first kappa shape index (κ1) is 26.2. The van der Waals surface area contributed by atoms with E-state index in [1.54, 1.807) is 20.0 Å². The molecule has 11 nitrogen and oxygen atoms in total. The number of carboxylic acids is 1. The Morgan fingerprint density at radius 3 is 2.57 bits per heavy atom. The van der Waals surface area contributed by atoms with Crippen molar-refractivity contribution in [2.75, 3.05) is 13.2 Å². The number of para-hydroxylation sites is 1. The zero-order chi connectivity index (χ0) is 25.7. The van der Waals surface area contributed by atoms with Crippen molar-refractivity contribution in [3.05, 3.63) is 36.0 Å². The van der Waals surface area contributed by atoms with Gasteiger partial charge in [-0.05, 0) is 36.8 Å². The number of aliphatic hydroxyl groups excluding tert-OH is 1. The number of nitrogens with one attached hydrogen (secondary N) is 3. The van der Waals surface area contributed by atoms with Gasteiger partial charge in [0.1, 0.15) is 18.1 Å². The van der Waals surface area contributed by atoms with Gasteiger partial charge in [0, 0.05) is 23.6 Å². The van der Waals surface area contributed by atoms with E-state index in [0.29, 0.717) is 12.8 Å². The van der Waals surface area contributed by atoms with Crippen LogP contribution < -0.4 is 16.4 Å². The number of aromatic amines is 1. The molecule has 1 aliphatic rings. The standard InChI is InChI=1S/C24H33N5O6/c1-13(2)20(24(34)35)28-22(32)19-8-5-9-29(19)23(33)18(12-30)27-21(31)16(25)10-14-11-26-17-7-4-3-6-15(14)17/h3-4,6-7,11,13,16,18-20,26,30H,5,8-10,12,25H2,1-2H3,(H,27,31)(H,28,32)(H,34,35). The number of aliphatic carboxylic acids is 1. The number of carbonyl (C=O) groups excluding carboxylic acids is 3. The van der Waals surface area contributed by atoms with Crippen molar-refractivity contribution < 1.29 is 29.4 Å². The van der Waals surface area contributed by atoms with Crippen molar-refractivity contribution >= 4 is 34.6 Å². The van der Waals surface area contributed by atoms with E-state index in [1.165, 1.54) is 4.90 Å². The summed E-state index contributed by atoms with van der Waals surface area (Å²) >= 11 is 0. The molecule has 11 heteroatoms. The first-order valence-corrected chi connectivity index (χ1v) is 11.7. The Balaban J connectivity index is 1.64. The second kappa shape index (κ2) is 11.3. The first-order valence-electron chi connectivity index (χ1n) is 11.7. The molecule has 7 N–H and O–H groups in total. The minimum absolute atomic E-state index is 0.225. The number of rotatable bonds is 10. The third-order valence-electron chi connectivity index (χ3n) is 6.32. The lowest BCUT2D eigenvalue weighted by Crippen LogP contribution is -2.58. The highest BCUT2D eigenvalue weighted by atomic mass is 16.4. The van der Waals surface area contributed by atoms with Crippen molar-refractivity contribution in [3.8, 4) is 0 Å². The average Bonchev–Trinajstić information content (AvgIpc) is 3.47. The number of H-pyrrole nitrogens is 1. The molecule has 1 aromatic heterocycles. The number of fused-ring (bicyclic) bond motifs is 1. The third-order valence-corrected chi connectivity index (χ3v) is 6.32. The quantitative estimate of drug-likeness (QED) is 0.267. The zero-order valence-corrected chi connectivity index (χ0v) is 19.9. The summed E-state index contributed by atoms with van der Waals surface area (Å²) < 4.78 is 0. The second-order valence-electron chi connectivity index (χ2n) is 9.17. The lowest BCUT2D eigenvalue weighted by atomic mass is 10.0. The molecular weight excluding hydrogens is 454 g/mol. The van der Waals surface area contributed by atoms with Crippen LogP contribution in [0.1, 0.15) is 32.3 Å². The molecule has 1 aromatic carbocycles. The summed E-state index contributed by atoms with van der Waals surface area (Å²) in [7, 11) is 0. The Morgan fingerprint density at radius 2 is 1.91 bits per heavy atom. The van der Waals surface area contributed by atoms with Crippen molar-refractivity contribution in [1.82, 2.24) is 20.5 Å². The van der Waals surface area contributed by atoms with Gasteiger partial charge in [0.25, 0.3) is 0 Å². The van der Waals surface area contributed by atoms with Gasteiger partial charge in [-0.2, -0.15) is 0 Å². The van der Waals surface area contributed by atoms with Crippen molar-refractivity contribution in [2.24, 2.45) is 11.7 Å². The molecule has 1 fully saturated rings. The Kier molecular flexibility index (Phi) is 8.47. The Morgan fingerprint density at radius 1 is 1.20 bits per heavy atom. The van der Waals surface area contributed by atoms with Crippen LogP contribution >= 0.6 is 0 Å². The van der Waals surface area contributed by atoms with Crippen LogP contribution in [0.4, 0.5) is 0 Å². The van der Waals surface area contributed by atoms with Gasteiger partial charge in [-0.25, -0.2) is 4.79 Å². The maximum atomic E-state index is 13.1. The van der Waals surface area contributed by atoms with Gasteiger partial charge in [0.15, 0.2) is 0 Å². The van der Waals surface area contributed by atoms with E-state index in [-0.39, 0.29) is 18.9 Å². The Hall–Kier alpha value is -3.44. The highest BCUT2D eigenvalue weighted by Crippen LogP contribution is 2.20.